The van der Waals surface area contributed by atoms with Crippen LogP contribution in [0.1, 0.15) is 33.3 Å². The topological polar surface area (TPSA) is 129 Å². The fourth-order valence-corrected chi connectivity index (χ4v) is 2.14. The predicted molar refractivity (Wildman–Crippen MR) is 99.7 cm³/mol. The summed E-state index contributed by atoms with van der Waals surface area (Å²) in [5.41, 5.74) is 8.07. The molecule has 0 fully saturated rings. The number of benzene rings is 1. The second-order valence-corrected chi connectivity index (χ2v) is 7.19. The zero-order valence-electron chi connectivity index (χ0n) is 16.6. The van der Waals surface area contributed by atoms with E-state index >= 15 is 0 Å². The maximum absolute atomic E-state index is 12.6. The summed E-state index contributed by atoms with van der Waals surface area (Å²) in [6.07, 6.45) is -1.27. The second-order valence-electron chi connectivity index (χ2n) is 7.19. The summed E-state index contributed by atoms with van der Waals surface area (Å²) < 4.78 is 5.17. The number of esters is 1. The lowest BCUT2D eigenvalue weighted by atomic mass is 9.88. The molecule has 0 aromatic heterocycles. The van der Waals surface area contributed by atoms with Crippen LogP contribution in [0, 0.1) is 5.41 Å². The Hall–Kier alpha value is -3.32. The summed E-state index contributed by atoms with van der Waals surface area (Å²) in [7, 11) is 1.12. The lowest BCUT2D eigenvalue weighted by Crippen LogP contribution is -2.48. The summed E-state index contributed by atoms with van der Waals surface area (Å²) in [5.74, 6) is -3.69. The highest BCUT2D eigenvalue weighted by Crippen LogP contribution is 2.23. The zero-order chi connectivity index (χ0) is 21.5. The summed E-state index contributed by atoms with van der Waals surface area (Å²) in [6.45, 7) is 6.34. The number of ether oxygens (including phenoxy) is 1. The van der Waals surface area contributed by atoms with Gasteiger partial charge in [-0.25, -0.2) is 4.79 Å². The van der Waals surface area contributed by atoms with Gasteiger partial charge in [-0.1, -0.05) is 51.1 Å². The van der Waals surface area contributed by atoms with Gasteiger partial charge in [-0.2, -0.15) is 4.79 Å². The van der Waals surface area contributed by atoms with Gasteiger partial charge >= 0.3 is 17.6 Å². The van der Waals surface area contributed by atoms with E-state index in [1.165, 1.54) is 0 Å². The highest BCUT2D eigenvalue weighted by Gasteiger charge is 2.42. The van der Waals surface area contributed by atoms with Crippen LogP contribution in [-0.2, 0) is 30.5 Å². The van der Waals surface area contributed by atoms with Crippen LogP contribution in [0.5, 0.6) is 0 Å². The Morgan fingerprint density at radius 3 is 2.21 bits per heavy atom. The third kappa shape index (κ3) is 6.14. The van der Waals surface area contributed by atoms with Crippen LogP contribution in [0.25, 0.3) is 5.53 Å². The standard InChI is InChI=1S/C19H24N4O5/c1-12(24)23(5)17(26)14(22-20)18(27)28-15(19(2,3)4)16(25)21-11-13-9-7-6-8-10-13/h6-10,15H,11H2,1-5H3,(H,21,25)/t15-/m1/s1. The molecule has 9 nitrogen and oxygen atoms in total. The molecule has 0 spiro atoms. The highest BCUT2D eigenvalue weighted by atomic mass is 16.5. The zero-order valence-corrected chi connectivity index (χ0v) is 16.6. The number of nitrogens with zero attached hydrogens (tertiary/aromatic N) is 3. The Kier molecular flexibility index (Phi) is 7.76. The van der Waals surface area contributed by atoms with Gasteiger partial charge in [-0.3, -0.25) is 19.3 Å². The quantitative estimate of drug-likeness (QED) is 0.255. The molecule has 0 heterocycles. The molecule has 1 rings (SSSR count). The van der Waals surface area contributed by atoms with Crippen molar-refractivity contribution < 1.29 is 28.7 Å². The van der Waals surface area contributed by atoms with Crippen molar-refractivity contribution in [2.75, 3.05) is 7.05 Å². The summed E-state index contributed by atoms with van der Waals surface area (Å²) in [4.78, 5) is 51.5. The molecule has 0 radical (unpaired) electrons. The fraction of sp³-hybridized carbons (Fsp3) is 0.421. The maximum Gasteiger partial charge on any atom is 0.463 e. The monoisotopic (exact) mass is 388 g/mol. The van der Waals surface area contributed by atoms with Gasteiger partial charge in [0.25, 0.3) is 5.91 Å². The van der Waals surface area contributed by atoms with E-state index in [1.54, 1.807) is 20.8 Å². The third-order valence-electron chi connectivity index (χ3n) is 3.83. The van der Waals surface area contributed by atoms with E-state index in [9.17, 15) is 19.2 Å². The van der Waals surface area contributed by atoms with Crippen molar-refractivity contribution in [3.05, 3.63) is 41.4 Å². The minimum Gasteiger partial charge on any atom is -0.443 e. The van der Waals surface area contributed by atoms with Crippen LogP contribution >= 0.6 is 0 Å². The molecule has 1 N–H and O–H groups in total. The number of hydrogen-bond donors (Lipinski definition) is 1. The molecule has 0 aliphatic heterocycles. The van der Waals surface area contributed by atoms with Crippen molar-refractivity contribution in [2.24, 2.45) is 5.41 Å². The van der Waals surface area contributed by atoms with Crippen LogP contribution in [-0.4, -0.2) is 52.2 Å². The van der Waals surface area contributed by atoms with Crippen molar-refractivity contribution in [3.8, 4) is 0 Å². The van der Waals surface area contributed by atoms with Crippen molar-refractivity contribution in [1.29, 1.82) is 0 Å². The predicted octanol–water partition coefficient (Wildman–Crippen LogP) is 0.936. The van der Waals surface area contributed by atoms with Crippen molar-refractivity contribution in [2.45, 2.75) is 40.3 Å². The minimum absolute atomic E-state index is 0.219. The lowest BCUT2D eigenvalue weighted by molar-refractivity contribution is -0.161. The number of nitrogens with one attached hydrogen (secondary N) is 1. The van der Waals surface area contributed by atoms with Gasteiger partial charge in [-0.15, -0.1) is 0 Å². The number of carbonyl (C=O) groups is 4. The van der Waals surface area contributed by atoms with E-state index < -0.39 is 40.9 Å². The van der Waals surface area contributed by atoms with Crippen LogP contribution in [0.15, 0.2) is 30.3 Å². The van der Waals surface area contributed by atoms with Gasteiger partial charge < -0.3 is 15.6 Å². The van der Waals surface area contributed by atoms with E-state index in [0.717, 1.165) is 19.5 Å². The van der Waals surface area contributed by atoms with E-state index in [-0.39, 0.29) is 6.54 Å². The molecule has 1 aromatic carbocycles. The highest BCUT2D eigenvalue weighted by molar-refractivity contribution is 6.62. The first kappa shape index (κ1) is 22.7. The average Bonchev–Trinajstić information content (AvgIpc) is 2.63. The van der Waals surface area contributed by atoms with Gasteiger partial charge in [0.1, 0.15) is 0 Å². The Labute approximate surface area is 163 Å². The second kappa shape index (κ2) is 9.57. The largest absolute Gasteiger partial charge is 0.463 e. The molecule has 0 saturated carbocycles. The van der Waals surface area contributed by atoms with E-state index in [2.05, 4.69) is 10.1 Å². The minimum atomic E-state index is -1.31. The first-order valence-corrected chi connectivity index (χ1v) is 8.52. The van der Waals surface area contributed by atoms with E-state index in [1.807, 2.05) is 30.3 Å². The van der Waals surface area contributed by atoms with Crippen molar-refractivity contribution in [3.63, 3.8) is 0 Å². The maximum atomic E-state index is 12.6. The first-order chi connectivity index (χ1) is 13.0. The fourth-order valence-electron chi connectivity index (χ4n) is 2.14. The van der Waals surface area contributed by atoms with Crippen LogP contribution < -0.4 is 5.32 Å². The van der Waals surface area contributed by atoms with Crippen molar-refractivity contribution >= 4 is 29.4 Å². The van der Waals surface area contributed by atoms with Gasteiger partial charge in [0, 0.05) is 25.9 Å². The molecule has 0 saturated heterocycles. The molecule has 9 heteroatoms. The summed E-state index contributed by atoms with van der Waals surface area (Å²) in [5, 5.41) is 2.67. The Morgan fingerprint density at radius 1 is 1.18 bits per heavy atom. The van der Waals surface area contributed by atoms with Crippen LogP contribution in [0.4, 0.5) is 0 Å². The van der Waals surface area contributed by atoms with Gasteiger partial charge in [0.2, 0.25) is 5.91 Å². The van der Waals surface area contributed by atoms with Crippen molar-refractivity contribution in [1.82, 2.24) is 10.2 Å². The molecule has 150 valence electrons. The Bertz CT molecular complexity index is 807. The number of imide groups is 1. The number of carbonyl (C=O) groups excluding carboxylic acids is 4. The van der Waals surface area contributed by atoms with Gasteiger partial charge in [-0.05, 0) is 5.56 Å². The normalized spacial score (nSPS) is 11.6. The third-order valence-corrected chi connectivity index (χ3v) is 3.83. The lowest BCUT2D eigenvalue weighted by Gasteiger charge is -2.28. The molecular formula is C19H24N4O5. The molecular weight excluding hydrogens is 364 g/mol. The molecule has 3 amide bonds. The van der Waals surface area contributed by atoms with Crippen LogP contribution in [0.2, 0.25) is 0 Å². The van der Waals surface area contributed by atoms with E-state index in [4.69, 9.17) is 10.3 Å². The summed E-state index contributed by atoms with van der Waals surface area (Å²) in [6, 6.07) is 9.14. The van der Waals surface area contributed by atoms with Gasteiger partial charge in [0.05, 0.1) is 0 Å². The molecule has 28 heavy (non-hydrogen) atoms. The van der Waals surface area contributed by atoms with Gasteiger partial charge in [0.15, 0.2) is 6.10 Å². The molecule has 1 aromatic rings. The number of amides is 3. The smallest absolute Gasteiger partial charge is 0.443 e. The average molecular weight is 388 g/mol. The molecule has 0 unspecified atom stereocenters. The molecule has 0 aliphatic carbocycles. The number of hydrogen-bond acceptors (Lipinski definition) is 5. The molecule has 0 bridgehead atoms. The Balaban J connectivity index is 2.94. The Morgan fingerprint density at radius 2 is 1.75 bits per heavy atom. The SMILES string of the molecule is CC(=O)N(C)C(=O)C(=[N+]=[N-])C(=O)O[C@H](C(=O)NCc1ccccc1)C(C)(C)C. The molecule has 1 atom stereocenters. The van der Waals surface area contributed by atoms with Crippen LogP contribution in [0.3, 0.4) is 0 Å². The first-order valence-electron chi connectivity index (χ1n) is 8.52. The molecule has 0 aliphatic rings. The van der Waals surface area contributed by atoms with E-state index in [0.29, 0.717) is 4.90 Å². The summed E-state index contributed by atoms with van der Waals surface area (Å²) >= 11 is 0. The number of rotatable bonds is 6.